The van der Waals surface area contributed by atoms with Crippen LogP contribution in [0, 0.1) is 0 Å². The highest BCUT2D eigenvalue weighted by Gasteiger charge is 2.20. The molecule has 0 unspecified atom stereocenters. The molecule has 0 aliphatic carbocycles. The smallest absolute Gasteiger partial charge is 0.409 e. The number of carbonyl (C=O) groups is 2. The number of hydrogen-bond acceptors (Lipinski definition) is 4. The molecule has 1 aromatic heterocycles. The van der Waals surface area contributed by atoms with E-state index < -0.39 is 0 Å². The molecule has 2 aromatic rings. The monoisotopic (exact) mass is 392 g/mol. The van der Waals surface area contributed by atoms with Gasteiger partial charge in [0.15, 0.2) is 0 Å². The summed E-state index contributed by atoms with van der Waals surface area (Å²) in [4.78, 5) is 25.0. The predicted molar refractivity (Wildman–Crippen MR) is 91.1 cm³/mol. The van der Waals surface area contributed by atoms with Crippen molar-refractivity contribution in [2.75, 3.05) is 26.2 Å². The summed E-state index contributed by atoms with van der Waals surface area (Å²) in [7, 11) is 0. The lowest BCUT2D eigenvalue weighted by molar-refractivity contribution is 0.0952. The predicted octanol–water partition coefficient (Wildman–Crippen LogP) is 2.21. The summed E-state index contributed by atoms with van der Waals surface area (Å²) in [5.74, 6) is -0.178. The van der Waals surface area contributed by atoms with E-state index in [4.69, 9.17) is 4.74 Å². The summed E-state index contributed by atoms with van der Waals surface area (Å²) in [6.07, 6.45) is 3.63. The minimum absolute atomic E-state index is 0.178. The molecule has 0 spiro atoms. The Morgan fingerprint density at radius 1 is 1.33 bits per heavy atom. The molecule has 1 saturated heterocycles. The van der Waals surface area contributed by atoms with E-state index in [0.29, 0.717) is 38.2 Å². The van der Waals surface area contributed by atoms with Crippen LogP contribution in [0.1, 0.15) is 16.8 Å². The standard InChI is InChI=1S/C16H17BrN4O3/c17-13-2-4-14(5-3-13)21-11-12(10-19-21)15(22)18-6-1-7-20-8-9-24-16(20)23/h2-5,10-11H,1,6-9H2,(H,18,22). The van der Waals surface area contributed by atoms with Gasteiger partial charge in [0, 0.05) is 23.8 Å². The summed E-state index contributed by atoms with van der Waals surface area (Å²) in [6, 6.07) is 7.65. The Balaban J connectivity index is 1.48. The number of nitrogens with one attached hydrogen (secondary N) is 1. The Morgan fingerprint density at radius 2 is 2.12 bits per heavy atom. The average molecular weight is 393 g/mol. The van der Waals surface area contributed by atoms with Crippen molar-refractivity contribution in [2.45, 2.75) is 6.42 Å². The molecule has 0 saturated carbocycles. The van der Waals surface area contributed by atoms with Crippen molar-refractivity contribution in [3.05, 3.63) is 46.7 Å². The van der Waals surface area contributed by atoms with Crippen LogP contribution in [0.25, 0.3) is 5.69 Å². The fraction of sp³-hybridized carbons (Fsp3) is 0.312. The molecule has 2 amide bonds. The number of amides is 2. The van der Waals surface area contributed by atoms with Crippen LogP contribution < -0.4 is 5.32 Å². The van der Waals surface area contributed by atoms with Crippen LogP contribution >= 0.6 is 15.9 Å². The molecule has 7 nitrogen and oxygen atoms in total. The molecule has 0 atom stereocenters. The average Bonchev–Trinajstić information content (AvgIpc) is 3.22. The molecule has 2 heterocycles. The van der Waals surface area contributed by atoms with Gasteiger partial charge in [0.25, 0.3) is 5.91 Å². The third kappa shape index (κ3) is 3.94. The molecule has 0 bridgehead atoms. The van der Waals surface area contributed by atoms with E-state index in [0.717, 1.165) is 10.2 Å². The van der Waals surface area contributed by atoms with Crippen molar-refractivity contribution in [3.63, 3.8) is 0 Å². The van der Waals surface area contributed by atoms with E-state index in [-0.39, 0.29) is 12.0 Å². The van der Waals surface area contributed by atoms with E-state index in [9.17, 15) is 9.59 Å². The molecule has 126 valence electrons. The lowest BCUT2D eigenvalue weighted by Gasteiger charge is -2.12. The second-order valence-corrected chi connectivity index (χ2v) is 6.28. The Hall–Kier alpha value is -2.35. The number of cyclic esters (lactones) is 1. The number of ether oxygens (including phenoxy) is 1. The number of nitrogens with zero attached hydrogens (tertiary/aromatic N) is 3. The maximum atomic E-state index is 12.1. The van der Waals surface area contributed by atoms with Gasteiger partial charge in [0.1, 0.15) is 6.61 Å². The fourth-order valence-electron chi connectivity index (χ4n) is 2.38. The van der Waals surface area contributed by atoms with Crippen LogP contribution in [0.2, 0.25) is 0 Å². The van der Waals surface area contributed by atoms with Gasteiger partial charge < -0.3 is 15.0 Å². The van der Waals surface area contributed by atoms with Gasteiger partial charge in [-0.25, -0.2) is 9.48 Å². The quantitative estimate of drug-likeness (QED) is 0.764. The van der Waals surface area contributed by atoms with E-state index in [1.165, 1.54) is 6.20 Å². The first-order valence-corrected chi connectivity index (χ1v) is 8.43. The lowest BCUT2D eigenvalue weighted by atomic mass is 10.3. The van der Waals surface area contributed by atoms with E-state index >= 15 is 0 Å². The molecule has 1 aliphatic heterocycles. The van der Waals surface area contributed by atoms with Crippen molar-refractivity contribution in [1.82, 2.24) is 20.0 Å². The first-order chi connectivity index (χ1) is 11.6. The summed E-state index contributed by atoms with van der Waals surface area (Å²) < 4.78 is 7.49. The normalized spacial score (nSPS) is 13.9. The van der Waals surface area contributed by atoms with Gasteiger partial charge in [-0.3, -0.25) is 4.79 Å². The van der Waals surface area contributed by atoms with Crippen LogP contribution in [0.3, 0.4) is 0 Å². The minimum Gasteiger partial charge on any atom is -0.448 e. The maximum Gasteiger partial charge on any atom is 0.409 e. The molecular formula is C16H17BrN4O3. The zero-order valence-electron chi connectivity index (χ0n) is 12.9. The molecular weight excluding hydrogens is 376 g/mol. The highest BCUT2D eigenvalue weighted by Crippen LogP contribution is 2.14. The molecule has 1 fully saturated rings. The molecule has 0 radical (unpaired) electrons. The minimum atomic E-state index is -0.280. The number of halogens is 1. The summed E-state index contributed by atoms with van der Waals surface area (Å²) in [5, 5.41) is 7.04. The highest BCUT2D eigenvalue weighted by atomic mass is 79.9. The third-order valence-corrected chi connectivity index (χ3v) is 4.20. The lowest BCUT2D eigenvalue weighted by Crippen LogP contribution is -2.30. The van der Waals surface area contributed by atoms with Gasteiger partial charge in [-0.1, -0.05) is 15.9 Å². The first-order valence-electron chi connectivity index (χ1n) is 7.64. The molecule has 8 heteroatoms. The zero-order valence-corrected chi connectivity index (χ0v) is 14.5. The van der Waals surface area contributed by atoms with Crippen molar-refractivity contribution in [1.29, 1.82) is 0 Å². The van der Waals surface area contributed by atoms with Crippen LogP contribution in [0.15, 0.2) is 41.1 Å². The molecule has 1 aliphatic rings. The van der Waals surface area contributed by atoms with E-state index in [1.807, 2.05) is 24.3 Å². The zero-order chi connectivity index (χ0) is 16.9. The van der Waals surface area contributed by atoms with Gasteiger partial charge in [0.2, 0.25) is 0 Å². The van der Waals surface area contributed by atoms with Crippen molar-refractivity contribution >= 4 is 27.9 Å². The summed E-state index contributed by atoms with van der Waals surface area (Å²) in [5.41, 5.74) is 1.38. The van der Waals surface area contributed by atoms with E-state index in [1.54, 1.807) is 15.8 Å². The number of aromatic nitrogens is 2. The van der Waals surface area contributed by atoms with Gasteiger partial charge in [-0.2, -0.15) is 5.10 Å². The second kappa shape index (κ2) is 7.48. The van der Waals surface area contributed by atoms with Crippen LogP contribution in [-0.2, 0) is 4.74 Å². The van der Waals surface area contributed by atoms with Crippen molar-refractivity contribution in [3.8, 4) is 5.69 Å². The molecule has 3 rings (SSSR count). The van der Waals surface area contributed by atoms with E-state index in [2.05, 4.69) is 26.3 Å². The highest BCUT2D eigenvalue weighted by molar-refractivity contribution is 9.10. The molecule has 1 aromatic carbocycles. The molecule has 1 N–H and O–H groups in total. The molecule has 24 heavy (non-hydrogen) atoms. The SMILES string of the molecule is O=C(NCCCN1CCOC1=O)c1cnn(-c2ccc(Br)cc2)c1. The fourth-order valence-corrected chi connectivity index (χ4v) is 2.64. The Kier molecular flexibility index (Phi) is 5.14. The van der Waals surface area contributed by atoms with Gasteiger partial charge in [-0.15, -0.1) is 0 Å². The van der Waals surface area contributed by atoms with Crippen molar-refractivity contribution < 1.29 is 14.3 Å². The van der Waals surface area contributed by atoms with Crippen LogP contribution in [0.4, 0.5) is 4.79 Å². The third-order valence-electron chi connectivity index (χ3n) is 3.67. The van der Waals surface area contributed by atoms with Gasteiger partial charge >= 0.3 is 6.09 Å². The van der Waals surface area contributed by atoms with Crippen molar-refractivity contribution in [2.24, 2.45) is 0 Å². The van der Waals surface area contributed by atoms with Crippen LogP contribution in [-0.4, -0.2) is 52.9 Å². The number of carbonyl (C=O) groups excluding carboxylic acids is 2. The Labute approximate surface area is 147 Å². The van der Waals surface area contributed by atoms with Crippen LogP contribution in [0.5, 0.6) is 0 Å². The number of hydrogen-bond donors (Lipinski definition) is 1. The summed E-state index contributed by atoms with van der Waals surface area (Å²) in [6.45, 7) is 2.14. The Bertz CT molecular complexity index is 729. The second-order valence-electron chi connectivity index (χ2n) is 5.36. The number of benzene rings is 1. The largest absolute Gasteiger partial charge is 0.448 e. The number of rotatable bonds is 6. The topological polar surface area (TPSA) is 76.5 Å². The summed E-state index contributed by atoms with van der Waals surface area (Å²) >= 11 is 3.38. The van der Waals surface area contributed by atoms with Gasteiger partial charge in [0.05, 0.1) is 24.0 Å². The maximum absolute atomic E-state index is 12.1. The Morgan fingerprint density at radius 3 is 2.83 bits per heavy atom. The first kappa shape index (κ1) is 16.5. The van der Waals surface area contributed by atoms with Gasteiger partial charge in [-0.05, 0) is 30.7 Å².